The minimum Gasteiger partial charge on any atom is -0.505 e. The summed E-state index contributed by atoms with van der Waals surface area (Å²) in [5.74, 6) is -11.8. The van der Waals surface area contributed by atoms with E-state index >= 15 is 4.79 Å². The minimum absolute atomic E-state index is 0.00215. The Labute approximate surface area is 713 Å². The van der Waals surface area contributed by atoms with Gasteiger partial charge >= 0.3 is 17.9 Å². The summed E-state index contributed by atoms with van der Waals surface area (Å²) in [6.07, 6.45) is -8.59. The molecule has 34 heteroatoms. The number of pyridine rings is 1. The fraction of sp³-hybridized carbons (Fsp3) is 0.690. The molecule has 0 aliphatic carbocycles. The van der Waals surface area contributed by atoms with Gasteiger partial charge in [-0.25, -0.2) is 9.78 Å². The van der Waals surface area contributed by atoms with E-state index in [0.717, 1.165) is 5.56 Å². The number of Topliss-reactive ketones (excluding diaryl/α,β-unsaturated/α-hetero) is 1. The van der Waals surface area contributed by atoms with Crippen LogP contribution in [-0.2, 0) is 82.7 Å². The summed E-state index contributed by atoms with van der Waals surface area (Å²) in [6.45, 7) is 26.3. The molecule has 1 aromatic heterocycles. The number of carboxylic acids is 1. The van der Waals surface area contributed by atoms with Gasteiger partial charge in [0, 0.05) is 101 Å². The number of nitrogens with zero attached hydrogens (tertiary/aromatic N) is 4. The molecule has 33 nitrogen and oxygen atoms in total. The number of aromatic hydroxyl groups is 1. The lowest BCUT2D eigenvalue weighted by Crippen LogP contribution is -2.65. The van der Waals surface area contributed by atoms with Gasteiger partial charge in [0.15, 0.2) is 24.3 Å². The summed E-state index contributed by atoms with van der Waals surface area (Å²) >= 11 is 1.22. The SMILES string of the molecule is CCC1(C)NC(=O)[C@@H](NC(=O)c2ncccc2O)[C@@H](C)OC(=O)[C@H](c2ccccc2)NC(=O)[C@@H]2CC(=O)C(CSCCC(=O)O)CN2C(=O)[C@H](Cc2ccc(C)cc2)N(C)C(=O)[C@@H]2CCCN2C1=O.CC[C@H]1OC(=O)[C@H](C)[C@@H](OC2CC(C)(OC)C(O)C(C)O2)C(C)[C@@H](OC2OC(C)CC(C)C2O)[C@](C)(O)C[C@@H](C)[C@H](NCCN)[C@H](C)[C@@H](O)[C@]1(C)O. The van der Waals surface area contributed by atoms with Gasteiger partial charge < -0.3 is 111 Å². The van der Waals surface area contributed by atoms with E-state index in [4.69, 9.17) is 38.9 Å². The van der Waals surface area contributed by atoms with Gasteiger partial charge in [-0.15, -0.1) is 0 Å². The van der Waals surface area contributed by atoms with Gasteiger partial charge in [-0.1, -0.05) is 102 Å². The largest absolute Gasteiger partial charge is 0.505 e. The number of hydrogen-bond donors (Lipinski definition) is 12. The number of thioether (sulfide) groups is 1. The Morgan fingerprint density at radius 1 is 0.785 bits per heavy atom. The molecule has 0 spiro atoms. The summed E-state index contributed by atoms with van der Waals surface area (Å²) in [6, 6.07) is 10.2. The van der Waals surface area contributed by atoms with Crippen molar-refractivity contribution in [2.24, 2.45) is 41.2 Å². The number of carbonyl (C=O) groups excluding carboxylic acids is 9. The number of esters is 2. The molecule has 0 bridgehead atoms. The molecule has 121 heavy (non-hydrogen) atoms. The summed E-state index contributed by atoms with van der Waals surface area (Å²) in [5, 5.41) is 89.4. The average Bonchev–Trinajstić information content (AvgIpc) is 1.45. The molecule has 6 amide bonds. The van der Waals surface area contributed by atoms with Crippen LogP contribution in [0.25, 0.3) is 0 Å². The van der Waals surface area contributed by atoms with E-state index in [9.17, 15) is 78.9 Å². The van der Waals surface area contributed by atoms with Crippen LogP contribution in [0.1, 0.15) is 188 Å². The van der Waals surface area contributed by atoms with Gasteiger partial charge in [0.1, 0.15) is 71.3 Å². The highest BCUT2D eigenvalue weighted by Gasteiger charge is 2.56. The third-order valence-electron chi connectivity index (χ3n) is 25.3. The number of ketones is 1. The first-order valence-corrected chi connectivity index (χ1v) is 43.4. The number of aliphatic hydroxyl groups is 5. The highest BCUT2D eigenvalue weighted by molar-refractivity contribution is 7.99. The number of aryl methyl sites for hydroxylation is 1. The maximum atomic E-state index is 15.4. The number of rotatable bonds is 20. The second-order valence-corrected chi connectivity index (χ2v) is 36.0. The number of aromatic nitrogens is 1. The number of piperidine rings is 1. The van der Waals surface area contributed by atoms with Crippen LogP contribution in [0.3, 0.4) is 0 Å². The molecule has 9 rings (SSSR count). The normalized spacial score (nSPS) is 36.7. The molecule has 6 fully saturated rings. The summed E-state index contributed by atoms with van der Waals surface area (Å²) < 4.78 is 43.3. The number of methoxy groups -OCH3 is 1. The molecular weight excluding hydrogens is 1590 g/mol. The van der Waals surface area contributed by atoms with Crippen molar-refractivity contribution in [3.63, 3.8) is 0 Å². The van der Waals surface area contributed by atoms with E-state index in [1.807, 2.05) is 65.8 Å². The lowest BCUT2D eigenvalue weighted by molar-refractivity contribution is -0.318. The number of carbonyl (C=O) groups is 10. The van der Waals surface area contributed by atoms with E-state index in [2.05, 4.69) is 26.3 Å². The van der Waals surface area contributed by atoms with Crippen molar-refractivity contribution in [1.82, 2.24) is 41.0 Å². The Bertz CT molecular complexity index is 4040. The standard InChI is InChI=1S/C49H59N7O12S.C38H72N2O12/c1-6-49(4)48(67)55-22-11-14-33(55)45(64)54(5)35(24-30-18-16-28(2)17-19-30)46(65)56-26-32(27-69-23-20-38(59)60)37(58)25-34(56)42(61)52-40(31-12-8-7-9-13-31)47(66)68-29(3)39(44(63)53-49)51-43(62)41-36(57)15-10-21-50-41;1-13-26-38(11,46)31(42)22(5)28(40-15-14-39)20(3)17-36(9,45)33(52-35-29(41)19(2)16-21(4)48-35)23(6)30(24(7)34(44)50-26)51-27-18-37(10,47-12)32(43)25(8)49-27/h7-10,12-13,15-19,21,29,32-35,39-40,57H,6,11,14,20,22-27H2,1-5H3,(H,51,62)(H,52,61)(H,53,63)(H,59,60);19-33,35,40-43,45-46H,13-18,39H2,1-12H3/t29-,32?,33+,34+,35+,39+,40+,49?;19?,20-,21?,22+,23?,24-,25?,26-,27?,28+,29?,30+,31-,32?,33-,35?,36-,37?,38-/m11/s1. The average molecular weight is 1720 g/mol. The summed E-state index contributed by atoms with van der Waals surface area (Å²) in [4.78, 5) is 150. The Balaban J connectivity index is 0.000000314. The van der Waals surface area contributed by atoms with Gasteiger partial charge in [0.2, 0.25) is 29.5 Å². The lowest BCUT2D eigenvalue weighted by Gasteiger charge is -2.49. The zero-order chi connectivity index (χ0) is 89.7. The number of hydrogen-bond acceptors (Lipinski definition) is 27. The maximum absolute atomic E-state index is 15.4. The van der Waals surface area contributed by atoms with Crippen LogP contribution < -0.4 is 27.0 Å². The smallest absolute Gasteiger partial charge is 0.333 e. The van der Waals surface area contributed by atoms with E-state index in [1.165, 1.54) is 91.9 Å². The van der Waals surface area contributed by atoms with Crippen molar-refractivity contribution in [1.29, 1.82) is 0 Å². The zero-order valence-corrected chi connectivity index (χ0v) is 73.7. The van der Waals surface area contributed by atoms with Crippen LogP contribution in [0.2, 0.25) is 0 Å². The van der Waals surface area contributed by atoms with Crippen LogP contribution in [-0.4, -0.2) is 286 Å². The Kier molecular flexibility index (Phi) is 34.8. The van der Waals surface area contributed by atoms with Crippen LogP contribution >= 0.6 is 11.8 Å². The minimum atomic E-state index is -1.84. The van der Waals surface area contributed by atoms with Crippen molar-refractivity contribution < 1.29 is 117 Å². The van der Waals surface area contributed by atoms with Gasteiger partial charge in [0.05, 0.1) is 54.1 Å². The molecule has 13 N–H and O–H groups in total. The molecule has 6 aliphatic heterocycles. The lowest BCUT2D eigenvalue weighted by atomic mass is 9.72. The number of carboxylic acid groups (broad SMARTS) is 1. The van der Waals surface area contributed by atoms with Gasteiger partial charge in [0.25, 0.3) is 5.91 Å². The Hall–Kier alpha value is -7.84. The topological polar surface area (TPSA) is 474 Å². The van der Waals surface area contributed by atoms with E-state index in [1.54, 1.807) is 59.7 Å². The third-order valence-corrected chi connectivity index (χ3v) is 26.5. The second kappa shape index (κ2) is 42.7. The molecule has 6 saturated heterocycles. The third kappa shape index (κ3) is 23.8. The molecule has 0 radical (unpaired) electrons. The number of aliphatic hydroxyl groups excluding tert-OH is 3. The predicted octanol–water partition coefficient (Wildman–Crippen LogP) is 4.18. The first-order valence-electron chi connectivity index (χ1n) is 42.3. The molecule has 674 valence electrons. The Morgan fingerprint density at radius 2 is 1.46 bits per heavy atom. The molecule has 27 atom stereocenters. The quantitative estimate of drug-likeness (QED) is 0.0557. The van der Waals surface area contributed by atoms with Gasteiger partial charge in [-0.05, 0) is 136 Å². The number of cyclic esters (lactones) is 2. The Morgan fingerprint density at radius 3 is 2.09 bits per heavy atom. The number of benzene rings is 2. The number of aliphatic carboxylic acids is 1. The molecule has 0 saturated carbocycles. The van der Waals surface area contributed by atoms with Crippen molar-refractivity contribution in [2.75, 3.05) is 51.8 Å². The van der Waals surface area contributed by atoms with E-state index in [-0.39, 0.29) is 98.8 Å². The van der Waals surface area contributed by atoms with Gasteiger partial charge in [-0.3, -0.25) is 43.2 Å². The number of likely N-dealkylation sites (N-methyl/N-ethyl adjacent to an activating group) is 1. The molecule has 2 aromatic carbocycles. The molecule has 7 heterocycles. The highest BCUT2D eigenvalue weighted by Crippen LogP contribution is 2.43. The monoisotopic (exact) mass is 1720 g/mol. The van der Waals surface area contributed by atoms with E-state index in [0.29, 0.717) is 31.5 Å². The number of nitrogens with two attached hydrogens (primary N) is 1. The predicted molar refractivity (Wildman–Crippen MR) is 445 cm³/mol. The van der Waals surface area contributed by atoms with Crippen LogP contribution in [0.15, 0.2) is 72.9 Å². The second-order valence-electron chi connectivity index (χ2n) is 34.8. The number of ether oxygens (including phenoxy) is 7. The molecular formula is C87H131N9O24S. The van der Waals surface area contributed by atoms with Crippen molar-refractivity contribution in [2.45, 2.75) is 294 Å². The van der Waals surface area contributed by atoms with Crippen LogP contribution in [0.4, 0.5) is 0 Å². The fourth-order valence-electron chi connectivity index (χ4n) is 17.7. The van der Waals surface area contributed by atoms with Crippen molar-refractivity contribution >= 4 is 70.9 Å². The van der Waals surface area contributed by atoms with Crippen molar-refractivity contribution in [3.05, 3.63) is 95.3 Å². The zero-order valence-electron chi connectivity index (χ0n) is 72.9. The number of amides is 6. The first-order chi connectivity index (χ1) is 56.9. The van der Waals surface area contributed by atoms with Gasteiger partial charge in [-0.2, -0.15) is 11.8 Å². The molecule has 11 unspecified atom stereocenters. The first kappa shape index (κ1) is 98.6. The van der Waals surface area contributed by atoms with Crippen LogP contribution in [0.5, 0.6) is 5.75 Å². The summed E-state index contributed by atoms with van der Waals surface area (Å²) in [7, 11) is 2.95. The highest BCUT2D eigenvalue weighted by atomic mass is 32.2. The molecule has 3 aromatic rings. The molecule has 6 aliphatic rings. The maximum Gasteiger partial charge on any atom is 0.333 e. The number of nitrogens with one attached hydrogen (secondary N) is 4. The number of fused-ring (bicyclic) bond motifs is 2. The van der Waals surface area contributed by atoms with E-state index < -0.39 is 215 Å². The van der Waals surface area contributed by atoms with Crippen LogP contribution in [0, 0.1) is 42.4 Å². The fourth-order valence-corrected chi connectivity index (χ4v) is 18.8. The van der Waals surface area contributed by atoms with Crippen molar-refractivity contribution in [3.8, 4) is 5.75 Å². The summed E-state index contributed by atoms with van der Waals surface area (Å²) in [5.41, 5.74) is 1.08.